The number of nitrogens with one attached hydrogen (secondary N) is 1. The van der Waals surface area contributed by atoms with Crippen molar-refractivity contribution in [3.8, 4) is 0 Å². The zero-order valence-electron chi connectivity index (χ0n) is 8.36. The zero-order chi connectivity index (χ0) is 11.3. The smallest absolute Gasteiger partial charge is 0.213 e. The molecule has 0 saturated carbocycles. The number of sulfonamides is 1. The van der Waals surface area contributed by atoms with Gasteiger partial charge in [-0.05, 0) is 0 Å². The molecule has 7 heteroatoms. The molecule has 0 spiro atoms. The molecule has 1 aromatic heterocycles. The highest BCUT2D eigenvalue weighted by Crippen LogP contribution is 2.04. The van der Waals surface area contributed by atoms with E-state index in [0.29, 0.717) is 5.89 Å². The van der Waals surface area contributed by atoms with Crippen molar-refractivity contribution in [3.05, 3.63) is 17.8 Å². The van der Waals surface area contributed by atoms with Crippen LogP contribution in [0.15, 0.2) is 10.6 Å². The van der Waals surface area contributed by atoms with Crippen molar-refractivity contribution >= 4 is 21.6 Å². The van der Waals surface area contributed by atoms with Crippen molar-refractivity contribution in [1.82, 2.24) is 9.71 Å². The SMILES string of the molecule is CCc1cnc(CNS(=O)(=O)CCCl)o1. The molecule has 0 fully saturated rings. The summed E-state index contributed by atoms with van der Waals surface area (Å²) in [5.41, 5.74) is 0. The molecule has 1 rings (SSSR count). The zero-order valence-corrected chi connectivity index (χ0v) is 9.94. The molecule has 0 radical (unpaired) electrons. The van der Waals surface area contributed by atoms with Gasteiger partial charge in [0.25, 0.3) is 0 Å². The number of oxazole rings is 1. The van der Waals surface area contributed by atoms with Crippen molar-refractivity contribution in [2.75, 3.05) is 11.6 Å². The Kier molecular flexibility index (Phi) is 4.56. The molecular weight excluding hydrogens is 240 g/mol. The van der Waals surface area contributed by atoms with Crippen molar-refractivity contribution in [3.63, 3.8) is 0 Å². The average molecular weight is 253 g/mol. The van der Waals surface area contributed by atoms with Gasteiger partial charge < -0.3 is 4.42 Å². The summed E-state index contributed by atoms with van der Waals surface area (Å²) in [5, 5.41) is 0. The number of hydrogen-bond donors (Lipinski definition) is 1. The number of aromatic nitrogens is 1. The minimum atomic E-state index is -3.31. The van der Waals surface area contributed by atoms with Crippen LogP contribution in [-0.2, 0) is 23.0 Å². The van der Waals surface area contributed by atoms with Gasteiger partial charge in [0.1, 0.15) is 5.76 Å². The fourth-order valence-corrected chi connectivity index (χ4v) is 2.24. The first-order chi connectivity index (χ1) is 7.07. The summed E-state index contributed by atoms with van der Waals surface area (Å²) < 4.78 is 30.0. The molecule has 15 heavy (non-hydrogen) atoms. The largest absolute Gasteiger partial charge is 0.444 e. The Morgan fingerprint density at radius 1 is 1.60 bits per heavy atom. The monoisotopic (exact) mass is 252 g/mol. The van der Waals surface area contributed by atoms with Gasteiger partial charge in [-0.3, -0.25) is 0 Å². The van der Waals surface area contributed by atoms with Gasteiger partial charge in [-0.1, -0.05) is 6.92 Å². The Morgan fingerprint density at radius 3 is 2.87 bits per heavy atom. The highest BCUT2D eigenvalue weighted by Gasteiger charge is 2.10. The summed E-state index contributed by atoms with van der Waals surface area (Å²) in [4.78, 5) is 3.92. The lowest BCUT2D eigenvalue weighted by atomic mass is 10.4. The molecule has 1 N–H and O–H groups in total. The lowest BCUT2D eigenvalue weighted by Crippen LogP contribution is -2.26. The van der Waals surface area contributed by atoms with Gasteiger partial charge in [0.2, 0.25) is 15.9 Å². The van der Waals surface area contributed by atoms with E-state index < -0.39 is 10.0 Å². The van der Waals surface area contributed by atoms with Gasteiger partial charge in [0, 0.05) is 12.3 Å². The number of alkyl halides is 1. The van der Waals surface area contributed by atoms with Crippen LogP contribution in [0.2, 0.25) is 0 Å². The minimum absolute atomic E-state index is 0.0687. The summed E-state index contributed by atoms with van der Waals surface area (Å²) >= 11 is 5.34. The molecule has 0 aliphatic rings. The second kappa shape index (κ2) is 5.48. The van der Waals surface area contributed by atoms with E-state index in [-0.39, 0.29) is 18.2 Å². The minimum Gasteiger partial charge on any atom is -0.444 e. The van der Waals surface area contributed by atoms with Gasteiger partial charge in [0.05, 0.1) is 18.5 Å². The van der Waals surface area contributed by atoms with Crippen molar-refractivity contribution in [1.29, 1.82) is 0 Å². The average Bonchev–Trinajstić information content (AvgIpc) is 2.62. The Hall–Kier alpha value is -0.590. The quantitative estimate of drug-likeness (QED) is 0.764. The first-order valence-corrected chi connectivity index (χ1v) is 6.73. The second-order valence-electron chi connectivity index (χ2n) is 2.90. The van der Waals surface area contributed by atoms with E-state index >= 15 is 0 Å². The molecule has 0 bridgehead atoms. The summed E-state index contributed by atoms with van der Waals surface area (Å²) in [7, 11) is -3.31. The van der Waals surface area contributed by atoms with Gasteiger partial charge in [-0.2, -0.15) is 0 Å². The number of aryl methyl sites for hydroxylation is 1. The normalized spacial score (nSPS) is 11.9. The molecule has 5 nitrogen and oxygen atoms in total. The Labute approximate surface area is 93.9 Å². The molecule has 86 valence electrons. The van der Waals surface area contributed by atoms with Gasteiger partial charge >= 0.3 is 0 Å². The van der Waals surface area contributed by atoms with Crippen molar-refractivity contribution in [2.24, 2.45) is 0 Å². The van der Waals surface area contributed by atoms with Gasteiger partial charge in [-0.25, -0.2) is 18.1 Å². The van der Waals surface area contributed by atoms with Crippen LogP contribution in [-0.4, -0.2) is 25.0 Å². The second-order valence-corrected chi connectivity index (χ2v) is 5.21. The lowest BCUT2D eigenvalue weighted by molar-refractivity contribution is 0.452. The standard InChI is InChI=1S/C8H13ClN2O3S/c1-2-7-5-10-8(14-7)6-11-15(12,13)4-3-9/h5,11H,2-4,6H2,1H3. The molecule has 0 aliphatic carbocycles. The van der Waals surface area contributed by atoms with Crippen molar-refractivity contribution < 1.29 is 12.8 Å². The Bertz CT molecular complexity index is 402. The Balaban J connectivity index is 2.50. The maximum Gasteiger partial charge on any atom is 0.213 e. The van der Waals surface area contributed by atoms with E-state index in [2.05, 4.69) is 9.71 Å². The van der Waals surface area contributed by atoms with Crippen LogP contribution < -0.4 is 4.72 Å². The molecule has 1 heterocycles. The van der Waals surface area contributed by atoms with E-state index in [4.69, 9.17) is 16.0 Å². The molecule has 0 unspecified atom stereocenters. The van der Waals surface area contributed by atoms with Crippen LogP contribution in [0.3, 0.4) is 0 Å². The molecular formula is C8H13ClN2O3S. The van der Waals surface area contributed by atoms with Crippen LogP contribution in [0, 0.1) is 0 Å². The molecule has 0 aromatic carbocycles. The first kappa shape index (κ1) is 12.5. The predicted molar refractivity (Wildman–Crippen MR) is 57.2 cm³/mol. The maximum atomic E-state index is 11.2. The van der Waals surface area contributed by atoms with E-state index in [0.717, 1.165) is 12.2 Å². The van der Waals surface area contributed by atoms with E-state index in [9.17, 15) is 8.42 Å². The van der Waals surface area contributed by atoms with Gasteiger partial charge in [-0.15, -0.1) is 11.6 Å². The van der Waals surface area contributed by atoms with E-state index in [1.165, 1.54) is 0 Å². The number of nitrogens with zero attached hydrogens (tertiary/aromatic N) is 1. The predicted octanol–water partition coefficient (Wildman–Crippen LogP) is 0.895. The summed E-state index contributed by atoms with van der Waals surface area (Å²) in [5.74, 6) is 1.07. The van der Waals surface area contributed by atoms with E-state index in [1.54, 1.807) is 6.20 Å². The van der Waals surface area contributed by atoms with Gasteiger partial charge in [0.15, 0.2) is 0 Å². The number of halogens is 1. The van der Waals surface area contributed by atoms with E-state index in [1.807, 2.05) is 6.92 Å². The van der Waals surface area contributed by atoms with Crippen LogP contribution in [0.1, 0.15) is 18.6 Å². The van der Waals surface area contributed by atoms with Crippen LogP contribution in [0.25, 0.3) is 0 Å². The highest BCUT2D eigenvalue weighted by molar-refractivity contribution is 7.89. The third kappa shape index (κ3) is 4.19. The third-order valence-electron chi connectivity index (χ3n) is 1.74. The topological polar surface area (TPSA) is 72.2 Å². The van der Waals surface area contributed by atoms with Crippen molar-refractivity contribution in [2.45, 2.75) is 19.9 Å². The Morgan fingerprint density at radius 2 is 2.33 bits per heavy atom. The first-order valence-electron chi connectivity index (χ1n) is 4.54. The molecule has 1 aromatic rings. The summed E-state index contributed by atoms with van der Waals surface area (Å²) in [6, 6.07) is 0. The van der Waals surface area contributed by atoms with Crippen LogP contribution >= 0.6 is 11.6 Å². The summed E-state index contributed by atoms with van der Waals surface area (Å²) in [6.45, 7) is 2.00. The number of hydrogen-bond acceptors (Lipinski definition) is 4. The highest BCUT2D eigenvalue weighted by atomic mass is 35.5. The lowest BCUT2D eigenvalue weighted by Gasteiger charge is -2.01. The fourth-order valence-electron chi connectivity index (χ4n) is 0.939. The fraction of sp³-hybridized carbons (Fsp3) is 0.625. The molecule has 0 amide bonds. The number of rotatable bonds is 6. The molecule has 0 aliphatic heterocycles. The molecule has 0 atom stereocenters. The third-order valence-corrected chi connectivity index (χ3v) is 3.48. The van der Waals surface area contributed by atoms with Crippen LogP contribution in [0.5, 0.6) is 0 Å². The molecule has 0 saturated heterocycles. The maximum absolute atomic E-state index is 11.2. The van der Waals surface area contributed by atoms with Crippen LogP contribution in [0.4, 0.5) is 0 Å². The summed E-state index contributed by atoms with van der Waals surface area (Å²) in [6.07, 6.45) is 2.33.